The van der Waals surface area contributed by atoms with Gasteiger partial charge in [-0.2, -0.15) is 0 Å². The second-order valence-electron chi connectivity index (χ2n) is 6.90. The van der Waals surface area contributed by atoms with Crippen molar-refractivity contribution in [1.82, 2.24) is 9.80 Å². The van der Waals surface area contributed by atoms with Crippen LogP contribution in [0.2, 0.25) is 0 Å². The molecule has 2 fully saturated rings. The summed E-state index contributed by atoms with van der Waals surface area (Å²) in [6.45, 7) is 4.01. The summed E-state index contributed by atoms with van der Waals surface area (Å²) < 4.78 is 0. The molecule has 0 bridgehead atoms. The summed E-state index contributed by atoms with van der Waals surface area (Å²) in [7, 11) is 0. The van der Waals surface area contributed by atoms with Crippen molar-refractivity contribution in [2.75, 3.05) is 13.1 Å². The lowest BCUT2D eigenvalue weighted by molar-refractivity contribution is -0.134. The monoisotopic (exact) mass is 351 g/mol. The van der Waals surface area contributed by atoms with Gasteiger partial charge in [-0.25, -0.2) is 0 Å². The van der Waals surface area contributed by atoms with Crippen LogP contribution >= 0.6 is 0 Å². The second kappa shape index (κ2) is 7.95. The van der Waals surface area contributed by atoms with Crippen LogP contribution in [-0.2, 0) is 19.2 Å². The number of primary amides is 1. The third kappa shape index (κ3) is 4.00. The van der Waals surface area contributed by atoms with Crippen molar-refractivity contribution >= 4 is 23.5 Å². The first-order valence-electron chi connectivity index (χ1n) is 8.79. The molecule has 1 radical (unpaired) electrons. The standard InChI is InChI=1S/C17H27N4O4/c1-3-4-11(18)17(25)21-9-13(22)15-12(21)7-8-20(15)14(23)6-5-10(2)16(19)24/h6,10-12,15H,3-5,7-9,18H2,1-2H3,(H2,19,24). The number of hydrogen-bond acceptors (Lipinski definition) is 5. The van der Waals surface area contributed by atoms with Gasteiger partial charge in [0.25, 0.3) is 0 Å². The molecule has 25 heavy (non-hydrogen) atoms. The van der Waals surface area contributed by atoms with Gasteiger partial charge in [-0.05, 0) is 19.3 Å². The molecule has 8 heteroatoms. The molecule has 2 aliphatic heterocycles. The smallest absolute Gasteiger partial charge is 0.240 e. The molecule has 0 aliphatic carbocycles. The predicted octanol–water partition coefficient (Wildman–Crippen LogP) is -0.790. The highest BCUT2D eigenvalue weighted by molar-refractivity contribution is 5.99. The maximum Gasteiger partial charge on any atom is 0.240 e. The molecule has 2 saturated heterocycles. The van der Waals surface area contributed by atoms with E-state index in [1.54, 1.807) is 6.92 Å². The van der Waals surface area contributed by atoms with E-state index in [9.17, 15) is 19.2 Å². The Bertz CT molecular complexity index is 565. The fraction of sp³-hybridized carbons (Fsp3) is 0.706. The summed E-state index contributed by atoms with van der Waals surface area (Å²) in [6, 6.07) is -1.51. The van der Waals surface area contributed by atoms with Gasteiger partial charge in [-0.3, -0.25) is 19.2 Å². The highest BCUT2D eigenvalue weighted by atomic mass is 16.2. The highest BCUT2D eigenvalue weighted by Gasteiger charge is 2.51. The molecule has 0 saturated carbocycles. The molecule has 0 aromatic carbocycles. The lowest BCUT2D eigenvalue weighted by atomic mass is 10.0. The average Bonchev–Trinajstić information content (AvgIpc) is 3.13. The summed E-state index contributed by atoms with van der Waals surface area (Å²) in [5, 5.41) is 0. The van der Waals surface area contributed by atoms with E-state index in [4.69, 9.17) is 11.5 Å². The number of nitrogens with zero attached hydrogens (tertiary/aromatic N) is 2. The number of nitrogens with two attached hydrogens (primary N) is 2. The number of likely N-dealkylation sites (tertiary alicyclic amines) is 2. The Morgan fingerprint density at radius 1 is 1.32 bits per heavy atom. The van der Waals surface area contributed by atoms with Crippen molar-refractivity contribution in [3.8, 4) is 0 Å². The fourth-order valence-corrected chi connectivity index (χ4v) is 3.52. The van der Waals surface area contributed by atoms with E-state index in [0.29, 0.717) is 19.4 Å². The molecule has 8 nitrogen and oxygen atoms in total. The third-order valence-corrected chi connectivity index (χ3v) is 5.04. The van der Waals surface area contributed by atoms with E-state index in [2.05, 4.69) is 0 Å². The number of rotatable bonds is 7. The van der Waals surface area contributed by atoms with Crippen LogP contribution in [0.3, 0.4) is 0 Å². The molecule has 4 unspecified atom stereocenters. The van der Waals surface area contributed by atoms with Crippen LogP contribution in [0, 0.1) is 12.3 Å². The Labute approximate surface area is 147 Å². The van der Waals surface area contributed by atoms with Crippen molar-refractivity contribution in [1.29, 1.82) is 0 Å². The van der Waals surface area contributed by atoms with Crippen LogP contribution in [0.15, 0.2) is 0 Å². The molecule has 3 amide bonds. The molecule has 4 atom stereocenters. The van der Waals surface area contributed by atoms with Crippen molar-refractivity contribution in [2.24, 2.45) is 17.4 Å². The maximum absolute atomic E-state index is 12.5. The largest absolute Gasteiger partial charge is 0.369 e. The lowest BCUT2D eigenvalue weighted by Crippen LogP contribution is -2.48. The van der Waals surface area contributed by atoms with Gasteiger partial charge < -0.3 is 21.3 Å². The summed E-state index contributed by atoms with van der Waals surface area (Å²) in [6.07, 6.45) is 3.56. The van der Waals surface area contributed by atoms with E-state index in [1.165, 1.54) is 16.2 Å². The van der Waals surface area contributed by atoms with Crippen LogP contribution in [-0.4, -0.2) is 64.5 Å². The van der Waals surface area contributed by atoms with Gasteiger partial charge in [-0.15, -0.1) is 0 Å². The summed E-state index contributed by atoms with van der Waals surface area (Å²) in [5.74, 6) is -1.55. The number of carbonyl (C=O) groups is 4. The minimum absolute atomic E-state index is 0.00699. The van der Waals surface area contributed by atoms with Gasteiger partial charge in [-0.1, -0.05) is 20.3 Å². The van der Waals surface area contributed by atoms with E-state index < -0.39 is 23.9 Å². The maximum atomic E-state index is 12.5. The van der Waals surface area contributed by atoms with Crippen molar-refractivity contribution < 1.29 is 19.2 Å². The predicted molar refractivity (Wildman–Crippen MR) is 90.8 cm³/mol. The Balaban J connectivity index is 2.01. The molecule has 4 N–H and O–H groups in total. The molecular formula is C17H27N4O4. The van der Waals surface area contributed by atoms with Crippen molar-refractivity contribution in [3.63, 3.8) is 0 Å². The normalized spacial score (nSPS) is 25.0. The topological polar surface area (TPSA) is 127 Å². The summed E-state index contributed by atoms with van der Waals surface area (Å²) in [4.78, 5) is 51.4. The first-order valence-corrected chi connectivity index (χ1v) is 8.79. The van der Waals surface area contributed by atoms with E-state index in [1.807, 2.05) is 6.92 Å². The first kappa shape index (κ1) is 19.4. The van der Waals surface area contributed by atoms with Gasteiger partial charge >= 0.3 is 0 Å². The zero-order chi connectivity index (χ0) is 18.7. The van der Waals surface area contributed by atoms with Crippen LogP contribution in [0.1, 0.15) is 39.5 Å². The SMILES string of the molecule is CCCC(N)C(=O)N1CC(=O)C2C1CCN2C(=O)[CH]CC(C)C(N)=O. The van der Waals surface area contributed by atoms with Gasteiger partial charge in [0, 0.05) is 12.5 Å². The van der Waals surface area contributed by atoms with Crippen LogP contribution in [0.5, 0.6) is 0 Å². The van der Waals surface area contributed by atoms with E-state index >= 15 is 0 Å². The number of fused-ring (bicyclic) bond motifs is 1. The van der Waals surface area contributed by atoms with Gasteiger partial charge in [0.1, 0.15) is 6.04 Å². The number of Topliss-reactive ketones (excluding diaryl/α,β-unsaturated/α-hetero) is 1. The third-order valence-electron chi connectivity index (χ3n) is 5.04. The zero-order valence-corrected chi connectivity index (χ0v) is 14.8. The van der Waals surface area contributed by atoms with E-state index in [-0.39, 0.29) is 36.6 Å². The molecule has 0 aromatic heterocycles. The number of amides is 3. The van der Waals surface area contributed by atoms with Crippen LogP contribution < -0.4 is 11.5 Å². The van der Waals surface area contributed by atoms with Crippen LogP contribution in [0.25, 0.3) is 0 Å². The molecule has 0 spiro atoms. The van der Waals surface area contributed by atoms with Crippen molar-refractivity contribution in [2.45, 2.75) is 57.7 Å². The number of hydrogen-bond donors (Lipinski definition) is 2. The average molecular weight is 351 g/mol. The summed E-state index contributed by atoms with van der Waals surface area (Å²) in [5.41, 5.74) is 11.1. The molecule has 139 valence electrons. The minimum Gasteiger partial charge on any atom is -0.369 e. The lowest BCUT2D eigenvalue weighted by Gasteiger charge is -2.26. The molecule has 2 aliphatic rings. The molecular weight excluding hydrogens is 324 g/mol. The van der Waals surface area contributed by atoms with Crippen molar-refractivity contribution in [3.05, 3.63) is 6.42 Å². The Hall–Kier alpha value is -1.96. The van der Waals surface area contributed by atoms with Gasteiger partial charge in [0.15, 0.2) is 5.78 Å². The van der Waals surface area contributed by atoms with Crippen LogP contribution in [0.4, 0.5) is 0 Å². The van der Waals surface area contributed by atoms with Gasteiger partial charge in [0.05, 0.1) is 25.0 Å². The molecule has 2 heterocycles. The summed E-state index contributed by atoms with van der Waals surface area (Å²) >= 11 is 0. The Morgan fingerprint density at radius 3 is 2.60 bits per heavy atom. The molecule has 0 aromatic rings. The zero-order valence-electron chi connectivity index (χ0n) is 14.8. The number of ketones is 1. The highest BCUT2D eigenvalue weighted by Crippen LogP contribution is 2.31. The Kier molecular flexibility index (Phi) is 6.16. The van der Waals surface area contributed by atoms with Gasteiger partial charge in [0.2, 0.25) is 17.7 Å². The Morgan fingerprint density at radius 2 is 2.00 bits per heavy atom. The first-order chi connectivity index (χ1) is 11.8. The minimum atomic E-state index is -0.607. The quantitative estimate of drug-likeness (QED) is 0.621. The van der Waals surface area contributed by atoms with E-state index in [0.717, 1.165) is 6.42 Å². The number of carbonyl (C=O) groups excluding carboxylic acids is 4. The second-order valence-corrected chi connectivity index (χ2v) is 6.90. The fourth-order valence-electron chi connectivity index (χ4n) is 3.52. The molecule has 2 rings (SSSR count).